The molecule has 0 aliphatic carbocycles. The predicted molar refractivity (Wildman–Crippen MR) is 80.9 cm³/mol. The lowest BCUT2D eigenvalue weighted by Crippen LogP contribution is -2.32. The summed E-state index contributed by atoms with van der Waals surface area (Å²) in [5.74, 6) is 1.79. The fourth-order valence-electron chi connectivity index (χ4n) is 1.85. The van der Waals surface area contributed by atoms with Crippen molar-refractivity contribution in [3.63, 3.8) is 0 Å². The first-order valence-corrected chi connectivity index (χ1v) is 7.20. The van der Waals surface area contributed by atoms with Gasteiger partial charge in [0.25, 0.3) is 0 Å². The van der Waals surface area contributed by atoms with Crippen LogP contribution in [0.15, 0.2) is 0 Å². The number of nitrogens with one attached hydrogen (secondary N) is 1. The zero-order chi connectivity index (χ0) is 14.4. The highest BCUT2D eigenvalue weighted by Crippen LogP contribution is 2.18. The summed E-state index contributed by atoms with van der Waals surface area (Å²) in [7, 11) is 1.99. The van der Waals surface area contributed by atoms with E-state index in [9.17, 15) is 0 Å². The van der Waals surface area contributed by atoms with Crippen molar-refractivity contribution in [2.75, 3.05) is 23.8 Å². The van der Waals surface area contributed by atoms with Crippen molar-refractivity contribution in [3.05, 3.63) is 5.28 Å². The van der Waals surface area contributed by atoms with Crippen molar-refractivity contribution < 1.29 is 0 Å². The van der Waals surface area contributed by atoms with E-state index in [1.807, 2.05) is 11.9 Å². The van der Waals surface area contributed by atoms with Crippen LogP contribution in [0.25, 0.3) is 0 Å². The Labute approximate surface area is 120 Å². The molecule has 0 saturated heterocycles. The summed E-state index contributed by atoms with van der Waals surface area (Å²) >= 11 is 5.95. The van der Waals surface area contributed by atoms with Gasteiger partial charge in [0, 0.05) is 19.6 Å². The van der Waals surface area contributed by atoms with E-state index in [-0.39, 0.29) is 5.28 Å². The number of hydrogen-bond acceptors (Lipinski definition) is 5. The molecule has 1 aromatic heterocycles. The SMILES string of the molecule is CCCNc1nc(Cl)nc(N(C)C(C)CC(C)C)n1. The average molecular weight is 286 g/mol. The summed E-state index contributed by atoms with van der Waals surface area (Å²) in [6.07, 6.45) is 2.09. The number of halogens is 1. The molecule has 0 aliphatic rings. The lowest BCUT2D eigenvalue weighted by molar-refractivity contribution is 0.499. The van der Waals surface area contributed by atoms with E-state index in [2.05, 4.69) is 48.0 Å². The Hall–Kier alpha value is -1.10. The summed E-state index contributed by atoms with van der Waals surface area (Å²) in [6.45, 7) is 9.49. The molecule has 19 heavy (non-hydrogen) atoms. The number of rotatable bonds is 7. The predicted octanol–water partition coefficient (Wildman–Crippen LogP) is 3.22. The second kappa shape index (κ2) is 7.48. The van der Waals surface area contributed by atoms with Crippen LogP contribution in [0.1, 0.15) is 40.5 Å². The molecule has 108 valence electrons. The van der Waals surface area contributed by atoms with Gasteiger partial charge in [0.2, 0.25) is 17.2 Å². The van der Waals surface area contributed by atoms with Gasteiger partial charge in [0.1, 0.15) is 0 Å². The lowest BCUT2D eigenvalue weighted by atomic mass is 10.0. The number of nitrogens with zero attached hydrogens (tertiary/aromatic N) is 4. The molecule has 0 aliphatic heterocycles. The van der Waals surface area contributed by atoms with Crippen LogP contribution in [-0.4, -0.2) is 34.6 Å². The van der Waals surface area contributed by atoms with Gasteiger partial charge in [-0.05, 0) is 37.3 Å². The molecule has 0 radical (unpaired) electrons. The van der Waals surface area contributed by atoms with E-state index in [1.165, 1.54) is 0 Å². The second-order valence-corrected chi connectivity index (χ2v) is 5.58. The van der Waals surface area contributed by atoms with E-state index in [4.69, 9.17) is 11.6 Å². The van der Waals surface area contributed by atoms with Crippen LogP contribution in [-0.2, 0) is 0 Å². The van der Waals surface area contributed by atoms with Gasteiger partial charge in [0.15, 0.2) is 0 Å². The fourth-order valence-corrected chi connectivity index (χ4v) is 2.01. The Morgan fingerprint density at radius 3 is 2.47 bits per heavy atom. The molecule has 0 aromatic carbocycles. The molecule has 0 saturated carbocycles. The highest BCUT2D eigenvalue weighted by atomic mass is 35.5. The minimum Gasteiger partial charge on any atom is -0.354 e. The first-order valence-electron chi connectivity index (χ1n) is 6.82. The molecular weight excluding hydrogens is 262 g/mol. The largest absolute Gasteiger partial charge is 0.354 e. The van der Waals surface area contributed by atoms with E-state index in [0.29, 0.717) is 23.9 Å². The number of aromatic nitrogens is 3. The van der Waals surface area contributed by atoms with E-state index in [0.717, 1.165) is 19.4 Å². The topological polar surface area (TPSA) is 53.9 Å². The van der Waals surface area contributed by atoms with Crippen molar-refractivity contribution in [2.24, 2.45) is 5.92 Å². The molecule has 1 unspecified atom stereocenters. The first kappa shape index (κ1) is 16.0. The van der Waals surface area contributed by atoms with Crippen LogP contribution < -0.4 is 10.2 Å². The van der Waals surface area contributed by atoms with Gasteiger partial charge in [-0.15, -0.1) is 0 Å². The van der Waals surface area contributed by atoms with Crippen LogP contribution in [0.5, 0.6) is 0 Å². The van der Waals surface area contributed by atoms with Crippen molar-refractivity contribution in [3.8, 4) is 0 Å². The van der Waals surface area contributed by atoms with Gasteiger partial charge < -0.3 is 10.2 Å². The summed E-state index contributed by atoms with van der Waals surface area (Å²) in [5.41, 5.74) is 0. The molecule has 1 rings (SSSR count). The Bertz CT molecular complexity index is 397. The third kappa shape index (κ3) is 5.19. The summed E-state index contributed by atoms with van der Waals surface area (Å²) in [6, 6.07) is 0.359. The van der Waals surface area contributed by atoms with Gasteiger partial charge in [-0.2, -0.15) is 15.0 Å². The molecule has 5 nitrogen and oxygen atoms in total. The second-order valence-electron chi connectivity index (χ2n) is 5.24. The third-order valence-electron chi connectivity index (χ3n) is 2.92. The van der Waals surface area contributed by atoms with Crippen molar-refractivity contribution in [1.29, 1.82) is 0 Å². The average Bonchev–Trinajstić information content (AvgIpc) is 2.33. The standard InChI is InChI=1S/C13H24ClN5/c1-6-7-15-12-16-11(14)17-13(18-12)19(5)10(4)8-9(2)3/h9-10H,6-8H2,1-5H3,(H,15,16,17,18). The van der Waals surface area contributed by atoms with Gasteiger partial charge in [-0.1, -0.05) is 20.8 Å². The molecule has 1 heterocycles. The Morgan fingerprint density at radius 2 is 1.89 bits per heavy atom. The molecule has 1 N–H and O–H groups in total. The van der Waals surface area contributed by atoms with Crippen molar-refractivity contribution in [1.82, 2.24) is 15.0 Å². The molecule has 6 heteroatoms. The Balaban J connectivity index is 2.83. The maximum Gasteiger partial charge on any atom is 0.231 e. The van der Waals surface area contributed by atoms with Crippen LogP contribution in [0.4, 0.5) is 11.9 Å². The zero-order valence-corrected chi connectivity index (χ0v) is 13.2. The van der Waals surface area contributed by atoms with Crippen LogP contribution in [0, 0.1) is 5.92 Å². The minimum absolute atomic E-state index is 0.229. The maximum atomic E-state index is 5.95. The normalized spacial score (nSPS) is 12.6. The van der Waals surface area contributed by atoms with Crippen LogP contribution in [0.3, 0.4) is 0 Å². The first-order chi connectivity index (χ1) is 8.93. The van der Waals surface area contributed by atoms with Crippen molar-refractivity contribution in [2.45, 2.75) is 46.6 Å². The molecule has 1 aromatic rings. The summed E-state index contributed by atoms with van der Waals surface area (Å²) in [5, 5.41) is 3.37. The van der Waals surface area contributed by atoms with Gasteiger partial charge in [0.05, 0.1) is 0 Å². The number of anilines is 2. The molecule has 0 amide bonds. The molecule has 0 fully saturated rings. The molecular formula is C13H24ClN5. The summed E-state index contributed by atoms with van der Waals surface area (Å²) < 4.78 is 0. The van der Waals surface area contributed by atoms with E-state index >= 15 is 0 Å². The van der Waals surface area contributed by atoms with Crippen molar-refractivity contribution >= 4 is 23.5 Å². The van der Waals surface area contributed by atoms with E-state index in [1.54, 1.807) is 0 Å². The minimum atomic E-state index is 0.229. The maximum absolute atomic E-state index is 5.95. The van der Waals surface area contributed by atoms with Gasteiger partial charge >= 0.3 is 0 Å². The highest BCUT2D eigenvalue weighted by molar-refractivity contribution is 6.28. The smallest absolute Gasteiger partial charge is 0.231 e. The fraction of sp³-hybridized carbons (Fsp3) is 0.769. The Morgan fingerprint density at radius 1 is 1.21 bits per heavy atom. The number of hydrogen-bond donors (Lipinski definition) is 1. The zero-order valence-electron chi connectivity index (χ0n) is 12.4. The van der Waals surface area contributed by atoms with Gasteiger partial charge in [-0.25, -0.2) is 0 Å². The van der Waals surface area contributed by atoms with Crippen LogP contribution in [0.2, 0.25) is 5.28 Å². The van der Waals surface area contributed by atoms with Gasteiger partial charge in [-0.3, -0.25) is 0 Å². The monoisotopic (exact) mass is 285 g/mol. The lowest BCUT2D eigenvalue weighted by Gasteiger charge is -2.26. The molecule has 0 bridgehead atoms. The van der Waals surface area contributed by atoms with Crippen LogP contribution >= 0.6 is 11.6 Å². The molecule has 0 spiro atoms. The summed E-state index contributed by atoms with van der Waals surface area (Å²) in [4.78, 5) is 14.7. The Kier molecular flexibility index (Phi) is 6.28. The quantitative estimate of drug-likeness (QED) is 0.834. The molecule has 1 atom stereocenters. The van der Waals surface area contributed by atoms with E-state index < -0.39 is 0 Å². The highest BCUT2D eigenvalue weighted by Gasteiger charge is 2.16. The third-order valence-corrected chi connectivity index (χ3v) is 3.09.